The van der Waals surface area contributed by atoms with Gasteiger partial charge >= 0.3 is 12.1 Å². The zero-order valence-corrected chi connectivity index (χ0v) is 9.87. The smallest absolute Gasteiger partial charge is 0.410 e. The number of hydrogen-bond acceptors (Lipinski definition) is 3. The first kappa shape index (κ1) is 13.7. The number of alkyl halides is 2. The molecule has 1 aliphatic rings. The number of halogens is 2. The predicted octanol–water partition coefficient (Wildman–Crippen LogP) is 1.57. The number of rotatable bonds is 1. The van der Waals surface area contributed by atoms with Crippen molar-refractivity contribution in [3.63, 3.8) is 0 Å². The maximum Gasteiger partial charge on any atom is 0.410 e. The lowest BCUT2D eigenvalue weighted by molar-refractivity contribution is -0.151. The zero-order chi connectivity index (χ0) is 13.4. The van der Waals surface area contributed by atoms with Gasteiger partial charge in [-0.3, -0.25) is 4.79 Å². The molecule has 0 spiro atoms. The maximum atomic E-state index is 13.3. The van der Waals surface area contributed by atoms with E-state index in [0.29, 0.717) is 0 Å². The molecule has 7 heteroatoms. The Morgan fingerprint density at radius 1 is 1.41 bits per heavy atom. The van der Waals surface area contributed by atoms with Gasteiger partial charge in [0.15, 0.2) is 0 Å². The first-order chi connectivity index (χ1) is 7.53. The molecule has 1 atom stereocenters. The first-order valence-corrected chi connectivity index (χ1v) is 5.11. The van der Waals surface area contributed by atoms with Gasteiger partial charge in [-0.1, -0.05) is 0 Å². The Hall–Kier alpha value is -1.40. The minimum absolute atomic E-state index is 0.531. The second kappa shape index (κ2) is 4.12. The number of hydrogen-bond donors (Lipinski definition) is 1. The Morgan fingerprint density at radius 3 is 2.29 bits per heavy atom. The van der Waals surface area contributed by atoms with E-state index in [1.165, 1.54) is 0 Å². The van der Waals surface area contributed by atoms with E-state index in [9.17, 15) is 18.4 Å². The molecule has 5 nitrogen and oxygen atoms in total. The van der Waals surface area contributed by atoms with Gasteiger partial charge in [-0.2, -0.15) is 0 Å². The van der Waals surface area contributed by atoms with Crippen LogP contribution in [0, 0.1) is 5.92 Å². The number of amides is 1. The fourth-order valence-electron chi connectivity index (χ4n) is 1.51. The summed E-state index contributed by atoms with van der Waals surface area (Å²) in [6.45, 7) is 3.37. The van der Waals surface area contributed by atoms with Crippen LogP contribution < -0.4 is 0 Å². The van der Waals surface area contributed by atoms with E-state index >= 15 is 0 Å². The number of ether oxygens (including phenoxy) is 1. The highest BCUT2D eigenvalue weighted by atomic mass is 19.3. The van der Waals surface area contributed by atoms with Gasteiger partial charge in [0.25, 0.3) is 5.92 Å². The standard InChI is InChI=1S/C10H15F2NO4/c1-9(2,3)17-8(16)13-4-6(7(14)15)10(11,12)5-13/h6H,4-5H2,1-3H3,(H,14,15)/t6-/m0/s1. The molecule has 1 fully saturated rings. The molecule has 0 aromatic carbocycles. The number of likely N-dealkylation sites (tertiary alicyclic amines) is 1. The Labute approximate surface area is 97.3 Å². The summed E-state index contributed by atoms with van der Waals surface area (Å²) in [4.78, 5) is 22.8. The van der Waals surface area contributed by atoms with Crippen molar-refractivity contribution in [1.82, 2.24) is 4.90 Å². The molecule has 1 amide bonds. The molecule has 0 aromatic rings. The highest BCUT2D eigenvalue weighted by Gasteiger charge is 2.54. The minimum atomic E-state index is -3.41. The van der Waals surface area contributed by atoms with Gasteiger partial charge in [-0.05, 0) is 20.8 Å². The Bertz CT molecular complexity index is 338. The molecular weight excluding hydrogens is 236 g/mol. The van der Waals surface area contributed by atoms with Crippen LogP contribution in [0.2, 0.25) is 0 Å². The van der Waals surface area contributed by atoms with E-state index in [-0.39, 0.29) is 0 Å². The Morgan fingerprint density at radius 2 is 1.94 bits per heavy atom. The van der Waals surface area contributed by atoms with Crippen molar-refractivity contribution in [3.8, 4) is 0 Å². The fourth-order valence-corrected chi connectivity index (χ4v) is 1.51. The molecule has 98 valence electrons. The van der Waals surface area contributed by atoms with Crippen molar-refractivity contribution in [2.24, 2.45) is 5.92 Å². The summed E-state index contributed by atoms with van der Waals surface area (Å²) in [6.07, 6.45) is -0.916. The van der Waals surface area contributed by atoms with Crippen LogP contribution in [0.4, 0.5) is 13.6 Å². The molecule has 1 rings (SSSR count). The van der Waals surface area contributed by atoms with E-state index in [1.54, 1.807) is 20.8 Å². The number of carboxylic acid groups (broad SMARTS) is 1. The average molecular weight is 251 g/mol. The number of carbonyl (C=O) groups is 2. The van der Waals surface area contributed by atoms with E-state index in [4.69, 9.17) is 9.84 Å². The lowest BCUT2D eigenvalue weighted by atomic mass is 10.1. The van der Waals surface area contributed by atoms with Crippen LogP contribution in [0.1, 0.15) is 20.8 Å². The fraction of sp³-hybridized carbons (Fsp3) is 0.800. The number of carboxylic acids is 1. The van der Waals surface area contributed by atoms with E-state index in [2.05, 4.69) is 0 Å². The zero-order valence-electron chi connectivity index (χ0n) is 9.87. The van der Waals surface area contributed by atoms with Crippen LogP contribution >= 0.6 is 0 Å². The molecule has 0 aromatic heterocycles. The third kappa shape index (κ3) is 3.28. The SMILES string of the molecule is CC(C)(C)OC(=O)N1C[C@@H](C(=O)O)C(F)(F)C1. The first-order valence-electron chi connectivity index (χ1n) is 5.11. The van der Waals surface area contributed by atoms with Crippen LogP contribution in [-0.2, 0) is 9.53 Å². The van der Waals surface area contributed by atoms with Crippen molar-refractivity contribution in [2.75, 3.05) is 13.1 Å². The quantitative estimate of drug-likeness (QED) is 0.768. The topological polar surface area (TPSA) is 66.8 Å². The normalized spacial score (nSPS) is 23.6. The van der Waals surface area contributed by atoms with Crippen molar-refractivity contribution in [1.29, 1.82) is 0 Å². The largest absolute Gasteiger partial charge is 0.481 e. The van der Waals surface area contributed by atoms with E-state index in [0.717, 1.165) is 4.90 Å². The van der Waals surface area contributed by atoms with Gasteiger partial charge in [-0.15, -0.1) is 0 Å². The summed E-state index contributed by atoms with van der Waals surface area (Å²) in [5.74, 6) is -6.89. The summed E-state index contributed by atoms with van der Waals surface area (Å²) < 4.78 is 31.4. The Kier molecular flexibility index (Phi) is 3.31. The van der Waals surface area contributed by atoms with Gasteiger partial charge in [0.2, 0.25) is 0 Å². The molecule has 1 saturated heterocycles. The third-order valence-corrected chi connectivity index (χ3v) is 2.26. The van der Waals surface area contributed by atoms with Gasteiger partial charge in [0.1, 0.15) is 11.5 Å². The maximum absolute atomic E-state index is 13.3. The van der Waals surface area contributed by atoms with Gasteiger partial charge in [0.05, 0.1) is 6.54 Å². The summed E-state index contributed by atoms with van der Waals surface area (Å²) in [7, 11) is 0. The van der Waals surface area contributed by atoms with Crippen LogP contribution in [-0.4, -0.2) is 46.7 Å². The highest BCUT2D eigenvalue weighted by Crippen LogP contribution is 2.33. The van der Waals surface area contributed by atoms with Crippen molar-refractivity contribution in [3.05, 3.63) is 0 Å². The minimum Gasteiger partial charge on any atom is -0.481 e. The second-order valence-electron chi connectivity index (χ2n) is 5.01. The van der Waals surface area contributed by atoms with E-state index < -0.39 is 42.6 Å². The molecule has 1 heterocycles. The number of nitrogens with zero attached hydrogens (tertiary/aromatic N) is 1. The van der Waals surface area contributed by atoms with Crippen molar-refractivity contribution < 1.29 is 28.2 Å². The molecule has 17 heavy (non-hydrogen) atoms. The molecule has 0 aliphatic carbocycles. The predicted molar refractivity (Wildman–Crippen MR) is 53.9 cm³/mol. The van der Waals surface area contributed by atoms with Gasteiger partial charge in [0, 0.05) is 6.54 Å². The van der Waals surface area contributed by atoms with Crippen molar-refractivity contribution >= 4 is 12.1 Å². The summed E-state index contributed by atoms with van der Waals surface area (Å²) in [5, 5.41) is 8.62. The second-order valence-corrected chi connectivity index (χ2v) is 5.01. The molecule has 0 radical (unpaired) electrons. The van der Waals surface area contributed by atoms with E-state index in [1.807, 2.05) is 0 Å². The summed E-state index contributed by atoms with van der Waals surface area (Å²) in [6, 6.07) is 0. The highest BCUT2D eigenvalue weighted by molar-refractivity contribution is 5.75. The monoisotopic (exact) mass is 251 g/mol. The molecule has 0 unspecified atom stereocenters. The molecule has 1 N–H and O–H groups in total. The molecule has 1 aliphatic heterocycles. The van der Waals surface area contributed by atoms with Crippen molar-refractivity contribution in [2.45, 2.75) is 32.3 Å². The summed E-state index contributed by atoms with van der Waals surface area (Å²) >= 11 is 0. The van der Waals surface area contributed by atoms with Gasteiger partial charge < -0.3 is 14.7 Å². The Balaban J connectivity index is 2.72. The van der Waals surface area contributed by atoms with Crippen LogP contribution in [0.5, 0.6) is 0 Å². The number of aliphatic carboxylic acids is 1. The lowest BCUT2D eigenvalue weighted by Gasteiger charge is -2.24. The third-order valence-electron chi connectivity index (χ3n) is 2.26. The van der Waals surface area contributed by atoms with Crippen LogP contribution in [0.25, 0.3) is 0 Å². The molecule has 0 bridgehead atoms. The average Bonchev–Trinajstić information content (AvgIpc) is 2.38. The summed E-state index contributed by atoms with van der Waals surface area (Å²) in [5.41, 5.74) is -0.798. The molecule has 0 saturated carbocycles. The molecular formula is C10H15F2NO4. The lowest BCUT2D eigenvalue weighted by Crippen LogP contribution is -2.36. The van der Waals surface area contributed by atoms with Gasteiger partial charge in [-0.25, -0.2) is 13.6 Å². The van der Waals surface area contributed by atoms with Crippen LogP contribution in [0.15, 0.2) is 0 Å². The van der Waals surface area contributed by atoms with Crippen LogP contribution in [0.3, 0.4) is 0 Å². The number of carbonyl (C=O) groups excluding carboxylic acids is 1.